The van der Waals surface area contributed by atoms with E-state index in [1.54, 1.807) is 7.11 Å². The maximum Gasteiger partial charge on any atom is 0.0616 e. The minimum Gasteiger partial charge on any atom is -0.396 e. The highest BCUT2D eigenvalue weighted by atomic mass is 16.5. The molecule has 15 heavy (non-hydrogen) atoms. The number of hydrogen-bond donors (Lipinski definition) is 2. The molecule has 1 unspecified atom stereocenters. The van der Waals surface area contributed by atoms with E-state index in [9.17, 15) is 0 Å². The summed E-state index contributed by atoms with van der Waals surface area (Å²) in [5.41, 5.74) is 0. The zero-order valence-corrected chi connectivity index (χ0v) is 9.61. The van der Waals surface area contributed by atoms with Gasteiger partial charge in [-0.3, -0.25) is 0 Å². The van der Waals surface area contributed by atoms with Gasteiger partial charge in [0.05, 0.1) is 6.61 Å². The molecular weight excluding hydrogens is 190 g/mol. The highest BCUT2D eigenvalue weighted by molar-refractivity contribution is 4.97. The monoisotopic (exact) mass is 213 g/mol. The second-order valence-electron chi connectivity index (χ2n) is 5.03. The predicted octanol–water partition coefficient (Wildman–Crippen LogP) is 1.16. The van der Waals surface area contributed by atoms with Crippen LogP contribution in [0.3, 0.4) is 0 Å². The Hall–Kier alpha value is -0.120. The van der Waals surface area contributed by atoms with Gasteiger partial charge in [-0.15, -0.1) is 0 Å². The number of methoxy groups -OCH3 is 1. The highest BCUT2D eigenvalue weighted by Gasteiger charge is 2.41. The highest BCUT2D eigenvalue weighted by Crippen LogP contribution is 2.44. The minimum absolute atomic E-state index is 0.253. The lowest BCUT2D eigenvalue weighted by atomic mass is 10.1. The molecule has 0 heterocycles. The molecule has 0 bridgehead atoms. The normalized spacial score (nSPS) is 23.4. The van der Waals surface area contributed by atoms with Crippen molar-refractivity contribution in [1.29, 1.82) is 0 Å². The first-order valence-corrected chi connectivity index (χ1v) is 6.21. The molecule has 0 aliphatic heterocycles. The summed E-state index contributed by atoms with van der Waals surface area (Å²) in [5, 5.41) is 12.7. The summed E-state index contributed by atoms with van der Waals surface area (Å²) < 4.78 is 5.18. The van der Waals surface area contributed by atoms with Crippen LogP contribution in [-0.2, 0) is 4.74 Å². The molecule has 3 nitrogen and oxygen atoms in total. The summed E-state index contributed by atoms with van der Waals surface area (Å²) in [4.78, 5) is 0. The predicted molar refractivity (Wildman–Crippen MR) is 59.7 cm³/mol. The van der Waals surface area contributed by atoms with Crippen molar-refractivity contribution in [2.45, 2.75) is 44.2 Å². The molecule has 2 saturated carbocycles. The van der Waals surface area contributed by atoms with Crippen LogP contribution in [0.1, 0.15) is 32.1 Å². The van der Waals surface area contributed by atoms with Crippen molar-refractivity contribution >= 4 is 0 Å². The Bertz CT molecular complexity index is 172. The first-order chi connectivity index (χ1) is 7.35. The Kier molecular flexibility index (Phi) is 4.00. The van der Waals surface area contributed by atoms with Crippen LogP contribution in [0.5, 0.6) is 0 Å². The van der Waals surface area contributed by atoms with Crippen molar-refractivity contribution in [1.82, 2.24) is 5.32 Å². The number of aliphatic hydroxyl groups is 1. The molecule has 1 atom stereocenters. The summed E-state index contributed by atoms with van der Waals surface area (Å²) in [7, 11) is 1.73. The fraction of sp³-hybridized carbons (Fsp3) is 1.00. The standard InChI is InChI=1S/C12H23NO2/c1-15-8-11(6-7-14)13-12(9-2-3-9)10-4-5-10/h9-14H,2-8H2,1H3. The van der Waals surface area contributed by atoms with Crippen molar-refractivity contribution in [3.05, 3.63) is 0 Å². The Balaban J connectivity index is 1.78. The average Bonchev–Trinajstić information content (AvgIpc) is 3.06. The lowest BCUT2D eigenvalue weighted by molar-refractivity contribution is 0.138. The first kappa shape index (κ1) is 11.4. The molecule has 0 saturated heterocycles. The van der Waals surface area contributed by atoms with Crippen LogP contribution in [0, 0.1) is 11.8 Å². The number of ether oxygens (including phenoxy) is 1. The van der Waals surface area contributed by atoms with Crippen LogP contribution in [0.2, 0.25) is 0 Å². The van der Waals surface area contributed by atoms with E-state index in [1.165, 1.54) is 25.7 Å². The smallest absolute Gasteiger partial charge is 0.0616 e. The fourth-order valence-electron chi connectivity index (χ4n) is 2.41. The van der Waals surface area contributed by atoms with Gasteiger partial charge in [-0.1, -0.05) is 0 Å². The second-order valence-corrected chi connectivity index (χ2v) is 5.03. The molecule has 0 aromatic heterocycles. The topological polar surface area (TPSA) is 41.5 Å². The van der Waals surface area contributed by atoms with E-state index in [0.29, 0.717) is 12.1 Å². The molecule has 88 valence electrons. The van der Waals surface area contributed by atoms with Crippen LogP contribution < -0.4 is 5.32 Å². The van der Waals surface area contributed by atoms with E-state index in [1.807, 2.05) is 0 Å². The van der Waals surface area contributed by atoms with E-state index in [-0.39, 0.29) is 6.61 Å². The second kappa shape index (κ2) is 5.28. The molecule has 0 aromatic rings. The van der Waals surface area contributed by atoms with Crippen molar-refractivity contribution in [2.75, 3.05) is 20.3 Å². The van der Waals surface area contributed by atoms with Gasteiger partial charge in [-0.25, -0.2) is 0 Å². The van der Waals surface area contributed by atoms with Crippen molar-refractivity contribution in [3.8, 4) is 0 Å². The van der Waals surface area contributed by atoms with Gasteiger partial charge in [0.2, 0.25) is 0 Å². The van der Waals surface area contributed by atoms with Gasteiger partial charge in [0.15, 0.2) is 0 Å². The van der Waals surface area contributed by atoms with Crippen LogP contribution >= 0.6 is 0 Å². The third kappa shape index (κ3) is 3.44. The molecule has 2 aliphatic carbocycles. The summed E-state index contributed by atoms with van der Waals surface area (Å²) in [6.07, 6.45) is 6.39. The van der Waals surface area contributed by atoms with Gasteiger partial charge < -0.3 is 15.2 Å². The lowest BCUT2D eigenvalue weighted by Gasteiger charge is -2.25. The van der Waals surface area contributed by atoms with Crippen LogP contribution in [0.15, 0.2) is 0 Å². The van der Waals surface area contributed by atoms with Gasteiger partial charge in [0.1, 0.15) is 0 Å². The molecular formula is C12H23NO2. The van der Waals surface area contributed by atoms with Crippen LogP contribution in [0.4, 0.5) is 0 Å². The Morgan fingerprint density at radius 3 is 2.27 bits per heavy atom. The van der Waals surface area contributed by atoms with Gasteiger partial charge in [-0.05, 0) is 43.9 Å². The van der Waals surface area contributed by atoms with E-state index >= 15 is 0 Å². The van der Waals surface area contributed by atoms with Gasteiger partial charge in [0, 0.05) is 25.8 Å². The van der Waals surface area contributed by atoms with E-state index in [2.05, 4.69) is 5.32 Å². The third-order valence-electron chi connectivity index (χ3n) is 3.53. The van der Waals surface area contributed by atoms with Crippen LogP contribution in [-0.4, -0.2) is 37.5 Å². The zero-order chi connectivity index (χ0) is 10.7. The maximum absolute atomic E-state index is 8.99. The first-order valence-electron chi connectivity index (χ1n) is 6.21. The zero-order valence-electron chi connectivity index (χ0n) is 9.61. The minimum atomic E-state index is 0.253. The largest absolute Gasteiger partial charge is 0.396 e. The van der Waals surface area contributed by atoms with Gasteiger partial charge in [-0.2, -0.15) is 0 Å². The quantitative estimate of drug-likeness (QED) is 0.636. The maximum atomic E-state index is 8.99. The Morgan fingerprint density at radius 1 is 1.27 bits per heavy atom. The average molecular weight is 213 g/mol. The summed E-state index contributed by atoms with van der Waals surface area (Å²) in [6.45, 7) is 0.972. The van der Waals surface area contributed by atoms with Gasteiger partial charge in [0.25, 0.3) is 0 Å². The fourth-order valence-corrected chi connectivity index (χ4v) is 2.41. The molecule has 3 heteroatoms. The lowest BCUT2D eigenvalue weighted by Crippen LogP contribution is -2.44. The van der Waals surface area contributed by atoms with E-state index < -0.39 is 0 Å². The van der Waals surface area contributed by atoms with E-state index in [4.69, 9.17) is 9.84 Å². The van der Waals surface area contributed by atoms with Crippen LogP contribution in [0.25, 0.3) is 0 Å². The number of aliphatic hydroxyl groups excluding tert-OH is 1. The molecule has 0 spiro atoms. The third-order valence-corrected chi connectivity index (χ3v) is 3.53. The molecule has 2 N–H and O–H groups in total. The molecule has 0 radical (unpaired) electrons. The summed E-state index contributed by atoms with van der Waals surface area (Å²) in [6, 6.07) is 1.04. The Morgan fingerprint density at radius 2 is 1.87 bits per heavy atom. The molecule has 2 aliphatic rings. The summed E-state index contributed by atoms with van der Waals surface area (Å²) in [5.74, 6) is 1.83. The SMILES string of the molecule is COCC(CCO)NC(C1CC1)C1CC1. The van der Waals surface area contributed by atoms with Crippen molar-refractivity contribution in [3.63, 3.8) is 0 Å². The summed E-state index contributed by atoms with van der Waals surface area (Å²) >= 11 is 0. The molecule has 2 rings (SSSR count). The Labute approximate surface area is 92.2 Å². The van der Waals surface area contributed by atoms with Gasteiger partial charge >= 0.3 is 0 Å². The molecule has 0 amide bonds. The number of nitrogens with one attached hydrogen (secondary N) is 1. The van der Waals surface area contributed by atoms with Crippen molar-refractivity contribution in [2.24, 2.45) is 11.8 Å². The molecule has 2 fully saturated rings. The molecule has 0 aromatic carbocycles. The number of hydrogen-bond acceptors (Lipinski definition) is 3. The van der Waals surface area contributed by atoms with E-state index in [0.717, 1.165) is 24.9 Å². The van der Waals surface area contributed by atoms with Crippen molar-refractivity contribution < 1.29 is 9.84 Å². The number of rotatable bonds is 8.